The van der Waals surface area contributed by atoms with E-state index in [-0.39, 0.29) is 6.61 Å². The largest absolute Gasteiger partial charge is 0.479 e. The van der Waals surface area contributed by atoms with E-state index in [1.165, 1.54) is 21.3 Å². The number of hydrogen-bond donors (Lipinski definition) is 3. The number of ether oxygens (including phenoxy) is 3. The summed E-state index contributed by atoms with van der Waals surface area (Å²) < 4.78 is 14.4. The second-order valence-electron chi connectivity index (χ2n) is 3.20. The average Bonchev–Trinajstić information content (AvgIpc) is 2.26. The van der Waals surface area contributed by atoms with Crippen molar-refractivity contribution in [3.63, 3.8) is 0 Å². The number of carboxylic acid groups (broad SMARTS) is 1. The number of carbonyl (C=O) groups is 1. The Morgan fingerprint density at radius 2 is 1.75 bits per heavy atom. The SMILES string of the molecule is COC[C@@H](OC)[C@H](O)[C@H](OC)[C@@H](O)C(=O)O. The standard InChI is InChI=1S/C9H18O7/c1-14-4-5(15-2)6(10)8(16-3)7(11)9(12)13/h5-8,10-11H,4H2,1-3H3,(H,12,13)/t5-,6+,7-,8+/m1/s1. The van der Waals surface area contributed by atoms with Crippen molar-refractivity contribution >= 4 is 5.97 Å². The van der Waals surface area contributed by atoms with Crippen molar-refractivity contribution in [2.24, 2.45) is 0 Å². The predicted octanol–water partition coefficient (Wildman–Crippen LogP) is -1.53. The van der Waals surface area contributed by atoms with Crippen molar-refractivity contribution < 1.29 is 34.3 Å². The Labute approximate surface area is 93.5 Å². The van der Waals surface area contributed by atoms with Crippen LogP contribution in [-0.4, -0.2) is 73.6 Å². The lowest BCUT2D eigenvalue weighted by Crippen LogP contribution is -2.50. The number of hydrogen-bond acceptors (Lipinski definition) is 6. The Morgan fingerprint density at radius 1 is 1.19 bits per heavy atom. The van der Waals surface area contributed by atoms with Gasteiger partial charge in [-0.3, -0.25) is 0 Å². The molecule has 4 atom stereocenters. The molecule has 0 aliphatic heterocycles. The molecule has 96 valence electrons. The van der Waals surface area contributed by atoms with E-state index in [2.05, 4.69) is 0 Å². The van der Waals surface area contributed by atoms with E-state index >= 15 is 0 Å². The molecule has 0 saturated carbocycles. The first-order valence-electron chi connectivity index (χ1n) is 4.63. The third-order valence-corrected chi connectivity index (χ3v) is 2.19. The molecule has 7 nitrogen and oxygen atoms in total. The molecule has 0 aromatic rings. The van der Waals surface area contributed by atoms with Crippen molar-refractivity contribution in [3.8, 4) is 0 Å². The number of aliphatic carboxylic acids is 1. The number of methoxy groups -OCH3 is 3. The first-order valence-corrected chi connectivity index (χ1v) is 4.63. The normalized spacial score (nSPS) is 18.8. The second kappa shape index (κ2) is 7.53. The second-order valence-corrected chi connectivity index (χ2v) is 3.20. The molecule has 0 amide bonds. The Balaban J connectivity index is 4.60. The maximum Gasteiger partial charge on any atom is 0.335 e. The van der Waals surface area contributed by atoms with Crippen molar-refractivity contribution in [1.29, 1.82) is 0 Å². The summed E-state index contributed by atoms with van der Waals surface area (Å²) in [4.78, 5) is 10.6. The number of aliphatic hydroxyl groups excluding tert-OH is 2. The lowest BCUT2D eigenvalue weighted by atomic mass is 10.0. The van der Waals surface area contributed by atoms with E-state index in [9.17, 15) is 15.0 Å². The molecule has 0 unspecified atom stereocenters. The molecule has 0 heterocycles. The first-order chi connectivity index (χ1) is 7.49. The van der Waals surface area contributed by atoms with Crippen LogP contribution in [0, 0.1) is 0 Å². The lowest BCUT2D eigenvalue weighted by Gasteiger charge is -2.29. The van der Waals surface area contributed by atoms with Gasteiger partial charge in [0.05, 0.1) is 6.61 Å². The molecule has 0 aliphatic carbocycles. The van der Waals surface area contributed by atoms with E-state index in [0.29, 0.717) is 0 Å². The van der Waals surface area contributed by atoms with Crippen molar-refractivity contribution in [1.82, 2.24) is 0 Å². The molecule has 16 heavy (non-hydrogen) atoms. The van der Waals surface area contributed by atoms with E-state index in [1.54, 1.807) is 0 Å². The fourth-order valence-corrected chi connectivity index (χ4v) is 1.28. The van der Waals surface area contributed by atoms with Crippen LogP contribution in [0.4, 0.5) is 0 Å². The molecule has 0 spiro atoms. The highest BCUT2D eigenvalue weighted by molar-refractivity contribution is 5.72. The molecule has 7 heteroatoms. The molecule has 0 radical (unpaired) electrons. The molecule has 0 fully saturated rings. The van der Waals surface area contributed by atoms with Crippen molar-refractivity contribution in [2.75, 3.05) is 27.9 Å². The van der Waals surface area contributed by atoms with Crippen LogP contribution in [0.15, 0.2) is 0 Å². The van der Waals surface area contributed by atoms with Gasteiger partial charge in [0, 0.05) is 21.3 Å². The van der Waals surface area contributed by atoms with Gasteiger partial charge in [0.2, 0.25) is 0 Å². The topological polar surface area (TPSA) is 105 Å². The maximum absolute atomic E-state index is 10.6. The van der Waals surface area contributed by atoms with Crippen LogP contribution in [0.5, 0.6) is 0 Å². The van der Waals surface area contributed by atoms with Gasteiger partial charge in [-0.2, -0.15) is 0 Å². The van der Waals surface area contributed by atoms with Gasteiger partial charge >= 0.3 is 5.97 Å². The summed E-state index contributed by atoms with van der Waals surface area (Å²) >= 11 is 0. The number of aliphatic hydroxyl groups is 2. The quantitative estimate of drug-likeness (QED) is 0.471. The van der Waals surface area contributed by atoms with Gasteiger partial charge in [-0.25, -0.2) is 4.79 Å². The third kappa shape index (κ3) is 4.03. The van der Waals surface area contributed by atoms with Gasteiger partial charge in [-0.15, -0.1) is 0 Å². The van der Waals surface area contributed by atoms with Gasteiger partial charge in [0.1, 0.15) is 18.3 Å². The zero-order valence-corrected chi connectivity index (χ0v) is 9.49. The summed E-state index contributed by atoms with van der Waals surface area (Å²) in [6.45, 7) is 0.0594. The van der Waals surface area contributed by atoms with Crippen molar-refractivity contribution in [2.45, 2.75) is 24.4 Å². The van der Waals surface area contributed by atoms with E-state index < -0.39 is 30.4 Å². The summed E-state index contributed by atoms with van der Waals surface area (Å²) in [5, 5.41) is 27.7. The van der Waals surface area contributed by atoms with Crippen molar-refractivity contribution in [3.05, 3.63) is 0 Å². The molecule has 0 aromatic carbocycles. The maximum atomic E-state index is 10.6. The zero-order chi connectivity index (χ0) is 12.7. The van der Waals surface area contributed by atoms with E-state index in [4.69, 9.17) is 19.3 Å². The fraction of sp³-hybridized carbons (Fsp3) is 0.889. The molecule has 0 aliphatic rings. The molecule has 0 aromatic heterocycles. The van der Waals surface area contributed by atoms with Crippen LogP contribution in [0.3, 0.4) is 0 Å². The monoisotopic (exact) mass is 238 g/mol. The molecular formula is C9H18O7. The highest BCUT2D eigenvalue weighted by Gasteiger charge is 2.36. The molecule has 0 rings (SSSR count). The minimum Gasteiger partial charge on any atom is -0.479 e. The number of carboxylic acids is 1. The molecule has 0 saturated heterocycles. The molecule has 0 bridgehead atoms. The molecular weight excluding hydrogens is 220 g/mol. The minimum atomic E-state index is -1.82. The summed E-state index contributed by atoms with van der Waals surface area (Å²) in [7, 11) is 3.94. The third-order valence-electron chi connectivity index (χ3n) is 2.19. The van der Waals surface area contributed by atoms with Crippen LogP contribution in [0.2, 0.25) is 0 Å². The van der Waals surface area contributed by atoms with Crippen LogP contribution in [0.25, 0.3) is 0 Å². The minimum absolute atomic E-state index is 0.0594. The van der Waals surface area contributed by atoms with E-state index in [0.717, 1.165) is 0 Å². The summed E-state index contributed by atoms with van der Waals surface area (Å²) in [6, 6.07) is 0. The summed E-state index contributed by atoms with van der Waals surface area (Å²) in [5.74, 6) is -1.47. The van der Waals surface area contributed by atoms with Gasteiger partial charge < -0.3 is 29.5 Å². The Kier molecular flexibility index (Phi) is 7.18. The highest BCUT2D eigenvalue weighted by Crippen LogP contribution is 2.11. The Morgan fingerprint density at radius 3 is 2.06 bits per heavy atom. The highest BCUT2D eigenvalue weighted by atomic mass is 16.5. The number of rotatable bonds is 8. The molecule has 3 N–H and O–H groups in total. The van der Waals surface area contributed by atoms with Crippen LogP contribution in [0.1, 0.15) is 0 Å². The van der Waals surface area contributed by atoms with Crippen LogP contribution in [-0.2, 0) is 19.0 Å². The Bertz CT molecular complexity index is 208. The predicted molar refractivity (Wildman–Crippen MR) is 53.1 cm³/mol. The fourth-order valence-electron chi connectivity index (χ4n) is 1.28. The smallest absolute Gasteiger partial charge is 0.335 e. The summed E-state index contributed by atoms with van der Waals surface area (Å²) in [5.41, 5.74) is 0. The Hall–Kier alpha value is -0.730. The van der Waals surface area contributed by atoms with Crippen LogP contribution < -0.4 is 0 Å². The summed E-state index contributed by atoms with van der Waals surface area (Å²) in [6.07, 6.45) is -5.18. The first kappa shape index (κ1) is 15.3. The van der Waals surface area contributed by atoms with Gasteiger partial charge in [-0.1, -0.05) is 0 Å². The average molecular weight is 238 g/mol. The van der Waals surface area contributed by atoms with Gasteiger partial charge in [-0.05, 0) is 0 Å². The lowest BCUT2D eigenvalue weighted by molar-refractivity contribution is -0.171. The van der Waals surface area contributed by atoms with E-state index in [1.807, 2.05) is 0 Å². The van der Waals surface area contributed by atoms with Gasteiger partial charge in [0.25, 0.3) is 0 Å². The zero-order valence-electron chi connectivity index (χ0n) is 9.49. The van der Waals surface area contributed by atoms with Crippen LogP contribution >= 0.6 is 0 Å². The van der Waals surface area contributed by atoms with Gasteiger partial charge in [0.15, 0.2) is 6.10 Å².